The summed E-state index contributed by atoms with van der Waals surface area (Å²) in [6, 6.07) is 18.3. The van der Waals surface area contributed by atoms with Crippen molar-refractivity contribution in [2.75, 3.05) is 62.2 Å². The molecule has 1 N–H and O–H groups in total. The Morgan fingerprint density at radius 3 is 2.15 bits per heavy atom. The summed E-state index contributed by atoms with van der Waals surface area (Å²) in [5.41, 5.74) is 4.88. The quantitative estimate of drug-likeness (QED) is 0.185. The van der Waals surface area contributed by atoms with Gasteiger partial charge in [-0.1, -0.05) is 29.5 Å². The fourth-order valence-corrected chi connectivity index (χ4v) is 10.4. The van der Waals surface area contributed by atoms with Crippen molar-refractivity contribution < 1.29 is 24.0 Å². The first-order valence-corrected chi connectivity index (χ1v) is 21.6. The monoisotopic (exact) mass is 825 g/mol. The Kier molecular flexibility index (Phi) is 10.9. The molecule has 308 valence electrons. The van der Waals surface area contributed by atoms with Gasteiger partial charge in [-0.3, -0.25) is 34.2 Å². The molecule has 5 fully saturated rings. The lowest BCUT2D eigenvalue weighted by Crippen LogP contribution is -2.54. The van der Waals surface area contributed by atoms with Crippen molar-refractivity contribution in [3.05, 3.63) is 99.4 Å². The number of carbonyl (C=O) groups is 5. The number of anilines is 2. The second-order valence-electron chi connectivity index (χ2n) is 17.3. The molecule has 0 aromatic heterocycles. The maximum absolute atomic E-state index is 13.5. The number of imide groups is 2. The summed E-state index contributed by atoms with van der Waals surface area (Å²) in [5, 5.41) is 2.74. The van der Waals surface area contributed by atoms with Crippen LogP contribution in [0, 0.1) is 29.7 Å². The number of benzene rings is 3. The van der Waals surface area contributed by atoms with Gasteiger partial charge >= 0.3 is 0 Å². The van der Waals surface area contributed by atoms with E-state index in [2.05, 4.69) is 36.7 Å². The van der Waals surface area contributed by atoms with Crippen molar-refractivity contribution >= 4 is 58.2 Å². The summed E-state index contributed by atoms with van der Waals surface area (Å²) in [5.74, 6) is 5.35. The van der Waals surface area contributed by atoms with Crippen LogP contribution in [0.1, 0.15) is 94.4 Å². The van der Waals surface area contributed by atoms with Gasteiger partial charge in [0.1, 0.15) is 6.04 Å². The summed E-state index contributed by atoms with van der Waals surface area (Å²) in [4.78, 5) is 77.8. The summed E-state index contributed by atoms with van der Waals surface area (Å²) >= 11 is 6.32. The molecule has 1 unspecified atom stereocenters. The number of fused-ring (bicyclic) bond motifs is 1. The zero-order valence-corrected chi connectivity index (χ0v) is 34.4. The van der Waals surface area contributed by atoms with Gasteiger partial charge in [-0.2, -0.15) is 0 Å². The third-order valence-corrected chi connectivity index (χ3v) is 14.1. The Labute approximate surface area is 355 Å². The lowest BCUT2D eigenvalue weighted by molar-refractivity contribution is -0.136. The summed E-state index contributed by atoms with van der Waals surface area (Å²) in [6.45, 7) is 14.4. The highest BCUT2D eigenvalue weighted by atomic mass is 35.5. The van der Waals surface area contributed by atoms with Crippen LogP contribution in [0.2, 0.25) is 5.02 Å². The van der Waals surface area contributed by atoms with Gasteiger partial charge in [0.2, 0.25) is 17.5 Å². The number of nitrogens with zero attached hydrogens (tertiary/aromatic N) is 6. The van der Waals surface area contributed by atoms with Crippen molar-refractivity contribution in [3.63, 3.8) is 0 Å². The predicted molar refractivity (Wildman–Crippen MR) is 228 cm³/mol. The molecule has 60 heavy (non-hydrogen) atoms. The molecule has 1 atom stereocenters. The molecule has 6 aliphatic heterocycles. The summed E-state index contributed by atoms with van der Waals surface area (Å²) in [7, 11) is 0. The Balaban J connectivity index is 0.717. The first-order valence-electron chi connectivity index (χ1n) is 21.3. The van der Waals surface area contributed by atoms with Crippen LogP contribution in [0.5, 0.6) is 0 Å². The van der Waals surface area contributed by atoms with Crippen LogP contribution in [0.15, 0.2) is 60.7 Å². The second-order valence-corrected chi connectivity index (χ2v) is 17.7. The van der Waals surface area contributed by atoms with E-state index in [-0.39, 0.29) is 30.1 Å². The Bertz CT molecular complexity index is 2340. The maximum atomic E-state index is 13.5. The van der Waals surface area contributed by atoms with E-state index in [1.807, 2.05) is 47.4 Å². The minimum Gasteiger partial charge on any atom is -0.371 e. The van der Waals surface area contributed by atoms with E-state index < -0.39 is 23.8 Å². The van der Waals surface area contributed by atoms with Gasteiger partial charge in [0.05, 0.1) is 17.7 Å². The molecule has 0 saturated carbocycles. The van der Waals surface area contributed by atoms with E-state index in [4.69, 9.17) is 18.2 Å². The molecule has 0 radical (unpaired) electrons. The van der Waals surface area contributed by atoms with E-state index >= 15 is 0 Å². The van der Waals surface area contributed by atoms with Crippen molar-refractivity contribution in [1.29, 1.82) is 0 Å². The highest BCUT2D eigenvalue weighted by molar-refractivity contribution is 6.33. The third-order valence-electron chi connectivity index (χ3n) is 13.8. The standard InChI is InChI=1S/C47H48ClN7O5/c1-49-40-11-9-36(29-39(40)48)54-27-20-47(30-54)18-25-53(26-19-47)44(58)33-6-4-31(5-7-33)2-3-32-14-21-51(22-15-32)34-16-23-52(24-17-34)35-8-10-37-38(28-35)46(60)55(45(37)59)41-12-13-42(56)50-43(41)57/h4-11,28-29,32,34,41H,12-27,30H2,(H,50,56,57). The fraction of sp³-hybridized carbons (Fsp3) is 0.447. The minimum atomic E-state index is -0.969. The third kappa shape index (κ3) is 7.75. The average molecular weight is 826 g/mol. The number of piperidine rings is 4. The fourth-order valence-electron chi connectivity index (χ4n) is 10.1. The molecule has 9 rings (SSSR count). The van der Waals surface area contributed by atoms with Gasteiger partial charge in [0.15, 0.2) is 0 Å². The van der Waals surface area contributed by atoms with Gasteiger partial charge in [-0.15, -0.1) is 0 Å². The smallest absolute Gasteiger partial charge is 0.262 e. The minimum absolute atomic E-state index is 0.0798. The SMILES string of the molecule is [C-]#[N+]c1ccc(N2CCC3(CCN(C(=O)c4ccc(C#CC5CCN(C6CCN(c7ccc8c(c7)C(=O)N(C7CCC(=O)NC7=O)C8=O)CC6)CC5)cc4)CC3)C2)cc1Cl. The van der Waals surface area contributed by atoms with Crippen LogP contribution in [0.4, 0.5) is 17.1 Å². The van der Waals surface area contributed by atoms with Gasteiger partial charge in [-0.25, -0.2) is 4.85 Å². The number of hydrogen-bond acceptors (Lipinski definition) is 8. The van der Waals surface area contributed by atoms with Gasteiger partial charge in [-0.05, 0) is 124 Å². The van der Waals surface area contributed by atoms with Crippen LogP contribution in [-0.2, 0) is 9.59 Å². The van der Waals surface area contributed by atoms with E-state index in [0.717, 1.165) is 119 Å². The largest absolute Gasteiger partial charge is 0.371 e. The molecule has 5 saturated heterocycles. The molecular formula is C47H48ClN7O5. The number of rotatable bonds is 5. The maximum Gasteiger partial charge on any atom is 0.262 e. The number of carbonyl (C=O) groups excluding carboxylic acids is 5. The van der Waals surface area contributed by atoms with E-state index in [1.165, 1.54) is 0 Å². The van der Waals surface area contributed by atoms with Crippen LogP contribution < -0.4 is 15.1 Å². The van der Waals surface area contributed by atoms with Crippen molar-refractivity contribution in [2.45, 2.75) is 69.9 Å². The van der Waals surface area contributed by atoms with E-state index in [9.17, 15) is 24.0 Å². The number of likely N-dealkylation sites (tertiary alicyclic amines) is 2. The molecule has 3 aromatic rings. The molecule has 0 aliphatic carbocycles. The highest BCUT2D eigenvalue weighted by Crippen LogP contribution is 2.43. The molecule has 3 aromatic carbocycles. The number of halogens is 1. The van der Waals surface area contributed by atoms with Crippen LogP contribution in [-0.4, -0.2) is 109 Å². The Hall–Kier alpha value is -5.69. The second kappa shape index (κ2) is 16.4. The van der Waals surface area contributed by atoms with Gasteiger partial charge in [0, 0.05) is 85.2 Å². The first kappa shape index (κ1) is 39.8. The van der Waals surface area contributed by atoms with Crippen LogP contribution >= 0.6 is 11.6 Å². The van der Waals surface area contributed by atoms with Crippen molar-refractivity contribution in [3.8, 4) is 11.8 Å². The topological polar surface area (TPSA) is 118 Å². The lowest BCUT2D eigenvalue weighted by atomic mass is 9.77. The summed E-state index contributed by atoms with van der Waals surface area (Å²) in [6.07, 6.45) is 7.32. The molecule has 0 bridgehead atoms. The van der Waals surface area contributed by atoms with Gasteiger partial charge < -0.3 is 19.6 Å². The van der Waals surface area contributed by atoms with E-state index in [1.54, 1.807) is 18.2 Å². The predicted octanol–water partition coefficient (Wildman–Crippen LogP) is 6.16. The van der Waals surface area contributed by atoms with Crippen molar-refractivity contribution in [1.82, 2.24) is 20.0 Å². The van der Waals surface area contributed by atoms with Crippen molar-refractivity contribution in [2.24, 2.45) is 11.3 Å². The normalized spacial score (nSPS) is 22.4. The molecular weight excluding hydrogens is 778 g/mol. The first-order chi connectivity index (χ1) is 29.1. The lowest BCUT2D eigenvalue weighted by Gasteiger charge is -2.42. The molecule has 13 heteroatoms. The molecule has 5 amide bonds. The zero-order valence-electron chi connectivity index (χ0n) is 33.6. The Morgan fingerprint density at radius 1 is 0.767 bits per heavy atom. The van der Waals surface area contributed by atoms with Crippen LogP contribution in [0.3, 0.4) is 0 Å². The highest BCUT2D eigenvalue weighted by Gasteiger charge is 2.45. The molecule has 1 spiro atoms. The molecule has 12 nitrogen and oxygen atoms in total. The summed E-state index contributed by atoms with van der Waals surface area (Å²) < 4.78 is 0. The van der Waals surface area contributed by atoms with Gasteiger partial charge in [0.25, 0.3) is 17.7 Å². The zero-order chi connectivity index (χ0) is 41.5. The number of amides is 5. The molecule has 6 heterocycles. The van der Waals surface area contributed by atoms with E-state index in [0.29, 0.717) is 39.4 Å². The number of nitrogens with one attached hydrogen (secondary N) is 1. The average Bonchev–Trinajstić information content (AvgIpc) is 3.80. The number of hydrogen-bond donors (Lipinski definition) is 1. The molecule has 6 aliphatic rings. The van der Waals surface area contributed by atoms with Crippen LogP contribution in [0.25, 0.3) is 4.85 Å². The Morgan fingerprint density at radius 2 is 1.45 bits per heavy atom.